The zero-order chi connectivity index (χ0) is 20.2. The summed E-state index contributed by atoms with van der Waals surface area (Å²) in [6.45, 7) is -1.73. The van der Waals surface area contributed by atoms with Gasteiger partial charge in [0.05, 0.1) is 6.61 Å². The van der Waals surface area contributed by atoms with Gasteiger partial charge in [0.2, 0.25) is 5.91 Å². The number of amides is 2. The molecule has 2 rings (SSSR count). The molecule has 26 heavy (non-hydrogen) atoms. The van der Waals surface area contributed by atoms with Gasteiger partial charge in [-0.15, -0.1) is 0 Å². The molecule has 0 saturated carbocycles. The number of benzene rings is 2. The standard InChI is InChI=1S/C18H21NO7/c1-10(21)19-17(25)18(26,16(24)15(23)14(22)9-20)13-8-4-6-11-5-2-3-7-12(11)13/h2-8,14-16,20,22-24,26H,9H2,1H3,(H,19,21,25)/t14-,15-,16+,18-/m1/s1/i1D. The Morgan fingerprint density at radius 1 is 1.15 bits per heavy atom. The van der Waals surface area contributed by atoms with Gasteiger partial charge in [-0.25, -0.2) is 0 Å². The Kier molecular flexibility index (Phi) is 5.60. The summed E-state index contributed by atoms with van der Waals surface area (Å²) in [5.41, 5.74) is -2.96. The normalized spacial score (nSPS) is 17.7. The number of aliphatic hydroxyl groups is 5. The second-order valence-corrected chi connectivity index (χ2v) is 5.86. The third-order valence-electron chi connectivity index (χ3n) is 4.13. The van der Waals surface area contributed by atoms with E-state index >= 15 is 0 Å². The van der Waals surface area contributed by atoms with Crippen LogP contribution in [-0.4, -0.2) is 62.3 Å². The molecule has 0 spiro atoms. The first-order valence-corrected chi connectivity index (χ1v) is 7.76. The average molecular weight is 364 g/mol. The quantitative estimate of drug-likeness (QED) is 0.376. The van der Waals surface area contributed by atoms with Crippen LogP contribution in [0.15, 0.2) is 42.5 Å². The van der Waals surface area contributed by atoms with E-state index in [-0.39, 0.29) is 5.56 Å². The van der Waals surface area contributed by atoms with E-state index in [9.17, 15) is 30.0 Å². The molecule has 0 aliphatic carbocycles. The van der Waals surface area contributed by atoms with E-state index in [0.29, 0.717) is 10.8 Å². The summed E-state index contributed by atoms with van der Waals surface area (Å²) in [5, 5.41) is 53.1. The number of hydrogen-bond donors (Lipinski definition) is 6. The lowest BCUT2D eigenvalue weighted by atomic mass is 9.80. The minimum atomic E-state index is -2.85. The van der Waals surface area contributed by atoms with Gasteiger partial charge in [0.15, 0.2) is 5.60 Å². The van der Waals surface area contributed by atoms with Crippen molar-refractivity contribution in [2.24, 2.45) is 0 Å². The van der Waals surface area contributed by atoms with E-state index < -0.39 is 49.2 Å². The molecular weight excluding hydrogens is 342 g/mol. The summed E-state index contributed by atoms with van der Waals surface area (Å²) in [6, 6.07) is 11.1. The smallest absolute Gasteiger partial charge is 0.266 e. The Balaban J connectivity index is 2.65. The summed E-state index contributed by atoms with van der Waals surface area (Å²) in [6.07, 6.45) is -6.24. The van der Waals surface area contributed by atoms with Crippen molar-refractivity contribution in [1.29, 1.82) is 0 Å². The van der Waals surface area contributed by atoms with Crippen LogP contribution in [-0.2, 0) is 15.2 Å². The maximum absolute atomic E-state index is 12.7. The SMILES string of the molecule is [2H]CC(=O)NC(=O)[C@@](O)(c1cccc2ccccc12)[C@@H](O)[C@H](O)[C@H](O)CO. The molecule has 0 aromatic heterocycles. The third kappa shape index (κ3) is 3.59. The Hall–Kier alpha value is -2.36. The molecule has 8 nitrogen and oxygen atoms in total. The summed E-state index contributed by atoms with van der Waals surface area (Å²) in [4.78, 5) is 24.1. The third-order valence-corrected chi connectivity index (χ3v) is 4.13. The molecule has 0 heterocycles. The fraction of sp³-hybridized carbons (Fsp3) is 0.333. The van der Waals surface area contributed by atoms with Gasteiger partial charge in [-0.2, -0.15) is 0 Å². The van der Waals surface area contributed by atoms with E-state index in [2.05, 4.69) is 0 Å². The molecule has 0 saturated heterocycles. The molecule has 6 N–H and O–H groups in total. The van der Waals surface area contributed by atoms with Gasteiger partial charge >= 0.3 is 0 Å². The molecule has 0 aliphatic rings. The number of nitrogens with one attached hydrogen (secondary N) is 1. The lowest BCUT2D eigenvalue weighted by Crippen LogP contribution is -2.59. The van der Waals surface area contributed by atoms with Gasteiger partial charge in [-0.3, -0.25) is 14.9 Å². The molecule has 0 aliphatic heterocycles. The van der Waals surface area contributed by atoms with Gasteiger partial charge in [0.25, 0.3) is 5.91 Å². The highest BCUT2D eigenvalue weighted by Crippen LogP contribution is 2.34. The minimum Gasteiger partial charge on any atom is -0.394 e. The molecule has 2 aromatic carbocycles. The van der Waals surface area contributed by atoms with Crippen molar-refractivity contribution in [3.8, 4) is 0 Å². The molecular formula is C18H21NO7. The van der Waals surface area contributed by atoms with E-state index in [0.717, 1.165) is 0 Å². The summed E-state index contributed by atoms with van der Waals surface area (Å²) < 4.78 is 7.00. The van der Waals surface area contributed by atoms with Crippen LogP contribution in [0.1, 0.15) is 13.8 Å². The number of imide groups is 1. The number of aliphatic hydroxyl groups excluding tert-OH is 4. The predicted octanol–water partition coefficient (Wildman–Crippen LogP) is -1.23. The lowest BCUT2D eigenvalue weighted by Gasteiger charge is -2.36. The van der Waals surface area contributed by atoms with Crippen LogP contribution in [0.2, 0.25) is 0 Å². The van der Waals surface area contributed by atoms with Crippen molar-refractivity contribution < 1.29 is 36.5 Å². The lowest BCUT2D eigenvalue weighted by molar-refractivity contribution is -0.179. The fourth-order valence-electron chi connectivity index (χ4n) is 2.76. The van der Waals surface area contributed by atoms with Crippen LogP contribution in [0.4, 0.5) is 0 Å². The zero-order valence-electron chi connectivity index (χ0n) is 14.7. The van der Waals surface area contributed by atoms with Crippen LogP contribution in [0.3, 0.4) is 0 Å². The number of rotatable bonds is 6. The van der Waals surface area contributed by atoms with Crippen molar-refractivity contribution in [3.05, 3.63) is 48.0 Å². The van der Waals surface area contributed by atoms with E-state index in [1.807, 2.05) is 0 Å². The van der Waals surface area contributed by atoms with Crippen LogP contribution in [0.5, 0.6) is 0 Å². The van der Waals surface area contributed by atoms with E-state index in [1.165, 1.54) is 12.1 Å². The van der Waals surface area contributed by atoms with Crippen molar-refractivity contribution in [3.63, 3.8) is 0 Å². The summed E-state index contributed by atoms with van der Waals surface area (Å²) >= 11 is 0. The number of carbonyl (C=O) groups excluding carboxylic acids is 2. The molecule has 0 radical (unpaired) electrons. The molecule has 4 atom stereocenters. The Bertz CT molecular complexity index is 825. The van der Waals surface area contributed by atoms with E-state index in [1.54, 1.807) is 35.6 Å². The number of fused-ring (bicyclic) bond motifs is 1. The maximum atomic E-state index is 12.7. The maximum Gasteiger partial charge on any atom is 0.266 e. The van der Waals surface area contributed by atoms with E-state index in [4.69, 9.17) is 6.48 Å². The van der Waals surface area contributed by atoms with Crippen LogP contribution < -0.4 is 5.32 Å². The van der Waals surface area contributed by atoms with Crippen molar-refractivity contribution >= 4 is 22.6 Å². The topological polar surface area (TPSA) is 147 Å². The predicted molar refractivity (Wildman–Crippen MR) is 91.8 cm³/mol. The van der Waals surface area contributed by atoms with Gasteiger partial charge in [-0.1, -0.05) is 42.5 Å². The van der Waals surface area contributed by atoms with Crippen molar-refractivity contribution in [1.82, 2.24) is 5.32 Å². The molecule has 8 heteroatoms. The molecule has 0 bridgehead atoms. The molecule has 2 aromatic rings. The summed E-state index contributed by atoms with van der Waals surface area (Å²) in [5.74, 6) is -2.39. The average Bonchev–Trinajstić information content (AvgIpc) is 2.70. The second-order valence-electron chi connectivity index (χ2n) is 5.86. The highest BCUT2D eigenvalue weighted by Gasteiger charge is 2.50. The first-order valence-electron chi connectivity index (χ1n) is 8.47. The van der Waals surface area contributed by atoms with Gasteiger partial charge in [0, 0.05) is 13.8 Å². The Morgan fingerprint density at radius 2 is 1.81 bits per heavy atom. The molecule has 0 fully saturated rings. The first kappa shape index (κ1) is 18.4. The minimum absolute atomic E-state index is 0.118. The van der Waals surface area contributed by atoms with Crippen LogP contribution in [0, 0.1) is 0 Å². The van der Waals surface area contributed by atoms with Crippen LogP contribution in [0.25, 0.3) is 10.8 Å². The molecule has 0 unspecified atom stereocenters. The highest BCUT2D eigenvalue weighted by atomic mass is 16.4. The van der Waals surface area contributed by atoms with Crippen LogP contribution >= 0.6 is 0 Å². The number of carbonyl (C=O) groups is 2. The zero-order valence-corrected chi connectivity index (χ0v) is 13.7. The molecule has 2 amide bonds. The first-order chi connectivity index (χ1) is 12.8. The second kappa shape index (κ2) is 7.90. The van der Waals surface area contributed by atoms with Crippen molar-refractivity contribution in [2.45, 2.75) is 30.8 Å². The fourth-order valence-corrected chi connectivity index (χ4v) is 2.76. The van der Waals surface area contributed by atoms with Gasteiger partial charge in [-0.05, 0) is 10.8 Å². The summed E-state index contributed by atoms with van der Waals surface area (Å²) in [7, 11) is 0. The number of hydrogen-bond acceptors (Lipinski definition) is 7. The Morgan fingerprint density at radius 3 is 2.46 bits per heavy atom. The Labute approximate surface area is 150 Å². The highest BCUT2D eigenvalue weighted by molar-refractivity contribution is 6.02. The monoisotopic (exact) mass is 364 g/mol. The van der Waals surface area contributed by atoms with Gasteiger partial charge < -0.3 is 25.5 Å². The van der Waals surface area contributed by atoms with Crippen molar-refractivity contribution in [2.75, 3.05) is 6.61 Å². The largest absolute Gasteiger partial charge is 0.394 e. The molecule has 140 valence electrons. The van der Waals surface area contributed by atoms with Gasteiger partial charge in [0.1, 0.15) is 18.3 Å².